The van der Waals surface area contributed by atoms with Gasteiger partial charge in [-0.2, -0.15) is 0 Å². The summed E-state index contributed by atoms with van der Waals surface area (Å²) in [5, 5.41) is 7.64. The van der Waals surface area contributed by atoms with E-state index in [9.17, 15) is 14.4 Å². The minimum atomic E-state index is -0.448. The number of imide groups is 1. The zero-order chi connectivity index (χ0) is 10.6. The maximum Gasteiger partial charge on any atom is 0.244 e. The van der Waals surface area contributed by atoms with Gasteiger partial charge in [0, 0.05) is 20.0 Å². The van der Waals surface area contributed by atoms with Crippen molar-refractivity contribution in [3.8, 4) is 0 Å². The molecule has 0 aliphatic carbocycles. The SMILES string of the molecule is CC(=O)NCCN[C@@H]1CC(=O)NC1=O. The Morgan fingerprint density at radius 3 is 2.71 bits per heavy atom. The Morgan fingerprint density at radius 2 is 2.21 bits per heavy atom. The molecule has 1 saturated heterocycles. The van der Waals surface area contributed by atoms with Gasteiger partial charge in [0.1, 0.15) is 0 Å². The molecule has 0 unspecified atom stereocenters. The summed E-state index contributed by atoms with van der Waals surface area (Å²) in [5.41, 5.74) is 0. The van der Waals surface area contributed by atoms with Gasteiger partial charge in [-0.1, -0.05) is 0 Å². The second-order valence-electron chi connectivity index (χ2n) is 3.11. The van der Waals surface area contributed by atoms with Crippen LogP contribution in [0.4, 0.5) is 0 Å². The molecular weight excluding hydrogens is 186 g/mol. The van der Waals surface area contributed by atoms with E-state index in [4.69, 9.17) is 0 Å². The molecule has 3 amide bonds. The predicted molar refractivity (Wildman–Crippen MR) is 48.2 cm³/mol. The van der Waals surface area contributed by atoms with E-state index < -0.39 is 6.04 Å². The van der Waals surface area contributed by atoms with E-state index in [-0.39, 0.29) is 24.1 Å². The van der Waals surface area contributed by atoms with Gasteiger partial charge >= 0.3 is 0 Å². The summed E-state index contributed by atoms with van der Waals surface area (Å²) in [7, 11) is 0. The van der Waals surface area contributed by atoms with Gasteiger partial charge < -0.3 is 10.6 Å². The molecule has 6 heteroatoms. The van der Waals surface area contributed by atoms with Gasteiger partial charge in [0.15, 0.2) is 0 Å². The lowest BCUT2D eigenvalue weighted by atomic mass is 10.2. The summed E-state index contributed by atoms with van der Waals surface area (Å²) < 4.78 is 0. The van der Waals surface area contributed by atoms with E-state index in [1.54, 1.807) is 0 Å². The normalized spacial score (nSPS) is 20.8. The summed E-state index contributed by atoms with van der Waals surface area (Å²) in [6.45, 7) is 2.35. The van der Waals surface area contributed by atoms with Crippen molar-refractivity contribution in [3.63, 3.8) is 0 Å². The Morgan fingerprint density at radius 1 is 1.50 bits per heavy atom. The number of hydrogen-bond donors (Lipinski definition) is 3. The van der Waals surface area contributed by atoms with Crippen LogP contribution in [0, 0.1) is 0 Å². The topological polar surface area (TPSA) is 87.3 Å². The van der Waals surface area contributed by atoms with Crippen LogP contribution >= 0.6 is 0 Å². The van der Waals surface area contributed by atoms with Crippen LogP contribution in [0.25, 0.3) is 0 Å². The highest BCUT2D eigenvalue weighted by atomic mass is 16.2. The molecule has 0 radical (unpaired) electrons. The Kier molecular flexibility index (Phi) is 3.58. The van der Waals surface area contributed by atoms with Crippen LogP contribution in [0.2, 0.25) is 0 Å². The predicted octanol–water partition coefficient (Wildman–Crippen LogP) is -1.87. The zero-order valence-electron chi connectivity index (χ0n) is 7.92. The van der Waals surface area contributed by atoms with Crippen molar-refractivity contribution >= 4 is 17.7 Å². The number of hydrogen-bond acceptors (Lipinski definition) is 4. The van der Waals surface area contributed by atoms with E-state index in [0.29, 0.717) is 13.1 Å². The summed E-state index contributed by atoms with van der Waals surface area (Å²) >= 11 is 0. The highest BCUT2D eigenvalue weighted by Crippen LogP contribution is 1.99. The first-order valence-electron chi connectivity index (χ1n) is 4.41. The van der Waals surface area contributed by atoms with Crippen molar-refractivity contribution in [3.05, 3.63) is 0 Å². The third-order valence-electron chi connectivity index (χ3n) is 1.86. The van der Waals surface area contributed by atoms with Gasteiger partial charge in [0.2, 0.25) is 17.7 Å². The summed E-state index contributed by atoms with van der Waals surface area (Å²) in [4.78, 5) is 32.3. The van der Waals surface area contributed by atoms with Crippen LogP contribution in [0.3, 0.4) is 0 Å². The second-order valence-corrected chi connectivity index (χ2v) is 3.11. The zero-order valence-corrected chi connectivity index (χ0v) is 7.92. The molecule has 0 spiro atoms. The van der Waals surface area contributed by atoms with Crippen molar-refractivity contribution in [1.29, 1.82) is 0 Å². The van der Waals surface area contributed by atoms with Gasteiger partial charge in [-0.15, -0.1) is 0 Å². The van der Waals surface area contributed by atoms with Crippen LogP contribution in [-0.2, 0) is 14.4 Å². The first kappa shape index (κ1) is 10.6. The summed E-state index contributed by atoms with van der Waals surface area (Å²) in [6.07, 6.45) is 0.179. The highest BCUT2D eigenvalue weighted by molar-refractivity contribution is 6.05. The van der Waals surface area contributed by atoms with Crippen molar-refractivity contribution < 1.29 is 14.4 Å². The fraction of sp³-hybridized carbons (Fsp3) is 0.625. The van der Waals surface area contributed by atoms with Crippen molar-refractivity contribution in [2.24, 2.45) is 0 Å². The molecule has 1 rings (SSSR count). The molecule has 78 valence electrons. The van der Waals surface area contributed by atoms with Crippen molar-refractivity contribution in [2.45, 2.75) is 19.4 Å². The highest BCUT2D eigenvalue weighted by Gasteiger charge is 2.29. The Hall–Kier alpha value is -1.43. The quantitative estimate of drug-likeness (QED) is 0.365. The van der Waals surface area contributed by atoms with Gasteiger partial charge in [0.25, 0.3) is 0 Å². The van der Waals surface area contributed by atoms with Crippen LogP contribution in [0.15, 0.2) is 0 Å². The number of carbonyl (C=O) groups excluding carboxylic acids is 3. The standard InChI is InChI=1S/C8H13N3O3/c1-5(12)9-2-3-10-6-4-7(13)11-8(6)14/h6,10H,2-4H2,1H3,(H,9,12)(H,11,13,14)/t6-/m1/s1. The lowest BCUT2D eigenvalue weighted by Crippen LogP contribution is -2.40. The largest absolute Gasteiger partial charge is 0.355 e. The number of rotatable bonds is 4. The first-order valence-corrected chi connectivity index (χ1v) is 4.41. The fourth-order valence-electron chi connectivity index (χ4n) is 1.20. The molecular formula is C8H13N3O3. The minimum Gasteiger partial charge on any atom is -0.355 e. The Bertz CT molecular complexity index is 265. The van der Waals surface area contributed by atoms with E-state index >= 15 is 0 Å². The molecule has 0 saturated carbocycles. The van der Waals surface area contributed by atoms with Gasteiger partial charge in [0.05, 0.1) is 12.5 Å². The van der Waals surface area contributed by atoms with Crippen LogP contribution in [-0.4, -0.2) is 36.9 Å². The molecule has 3 N–H and O–H groups in total. The molecule has 1 heterocycles. The third kappa shape index (κ3) is 3.14. The molecule has 0 aromatic heterocycles. The van der Waals surface area contributed by atoms with Gasteiger partial charge in [-0.25, -0.2) is 0 Å². The second kappa shape index (κ2) is 4.71. The monoisotopic (exact) mass is 199 g/mol. The molecule has 1 aliphatic heterocycles. The van der Waals surface area contributed by atoms with Crippen molar-refractivity contribution in [1.82, 2.24) is 16.0 Å². The average Bonchev–Trinajstić information content (AvgIpc) is 2.39. The molecule has 0 bridgehead atoms. The lowest BCUT2D eigenvalue weighted by Gasteiger charge is -2.08. The smallest absolute Gasteiger partial charge is 0.244 e. The Balaban J connectivity index is 2.16. The third-order valence-corrected chi connectivity index (χ3v) is 1.86. The number of nitrogens with one attached hydrogen (secondary N) is 3. The lowest BCUT2D eigenvalue weighted by molar-refractivity contribution is -0.125. The fourth-order valence-corrected chi connectivity index (χ4v) is 1.20. The summed E-state index contributed by atoms with van der Waals surface area (Å²) in [5.74, 6) is -0.663. The van der Waals surface area contributed by atoms with Gasteiger partial charge in [-0.05, 0) is 0 Å². The van der Waals surface area contributed by atoms with E-state index in [1.165, 1.54) is 6.92 Å². The summed E-state index contributed by atoms with van der Waals surface area (Å²) in [6, 6.07) is -0.448. The van der Waals surface area contributed by atoms with E-state index in [1.807, 2.05) is 0 Å². The average molecular weight is 199 g/mol. The molecule has 14 heavy (non-hydrogen) atoms. The minimum absolute atomic E-state index is 0.112. The molecule has 1 atom stereocenters. The van der Waals surface area contributed by atoms with E-state index in [2.05, 4.69) is 16.0 Å². The Labute approximate surface area is 81.4 Å². The van der Waals surface area contributed by atoms with Crippen LogP contribution in [0.5, 0.6) is 0 Å². The van der Waals surface area contributed by atoms with Crippen LogP contribution in [0.1, 0.15) is 13.3 Å². The van der Waals surface area contributed by atoms with Gasteiger partial charge in [-0.3, -0.25) is 19.7 Å². The molecule has 0 aromatic carbocycles. The molecule has 1 aliphatic rings. The first-order chi connectivity index (χ1) is 6.59. The molecule has 6 nitrogen and oxygen atoms in total. The molecule has 1 fully saturated rings. The number of carbonyl (C=O) groups is 3. The van der Waals surface area contributed by atoms with Crippen LogP contribution < -0.4 is 16.0 Å². The number of amides is 3. The maximum absolute atomic E-state index is 11.0. The maximum atomic E-state index is 11.0. The van der Waals surface area contributed by atoms with Crippen molar-refractivity contribution in [2.75, 3.05) is 13.1 Å². The molecule has 0 aromatic rings. The van der Waals surface area contributed by atoms with E-state index in [0.717, 1.165) is 0 Å².